The zero-order chi connectivity index (χ0) is 12.7. The minimum absolute atomic E-state index is 0.358. The van der Waals surface area contributed by atoms with Crippen molar-refractivity contribution >= 4 is 0 Å². The normalized spacial score (nSPS) is 26.5. The molecule has 0 spiro atoms. The van der Waals surface area contributed by atoms with Crippen LogP contribution in [0.1, 0.15) is 59.8 Å². The van der Waals surface area contributed by atoms with Crippen LogP contribution in [0.25, 0.3) is 0 Å². The van der Waals surface area contributed by atoms with Crippen molar-refractivity contribution in [1.29, 1.82) is 0 Å². The van der Waals surface area contributed by atoms with Crippen LogP contribution in [-0.2, 0) is 4.74 Å². The minimum atomic E-state index is 0.358. The molecule has 2 heteroatoms. The number of rotatable bonds is 6. The average molecular weight is 241 g/mol. The smallest absolute Gasteiger partial charge is 0.0594 e. The molecule has 102 valence electrons. The summed E-state index contributed by atoms with van der Waals surface area (Å²) in [5, 5.41) is 3.65. The highest BCUT2D eigenvalue weighted by atomic mass is 16.5. The van der Waals surface area contributed by atoms with Crippen molar-refractivity contribution in [2.75, 3.05) is 13.2 Å². The van der Waals surface area contributed by atoms with Crippen LogP contribution in [0.2, 0.25) is 0 Å². The van der Waals surface area contributed by atoms with Crippen molar-refractivity contribution < 1.29 is 4.74 Å². The Labute approximate surface area is 108 Å². The SMILES string of the molecule is CC(C)OCCNC1CCCC(C(C)C)CC1. The van der Waals surface area contributed by atoms with E-state index < -0.39 is 0 Å². The summed E-state index contributed by atoms with van der Waals surface area (Å²) in [4.78, 5) is 0. The van der Waals surface area contributed by atoms with Gasteiger partial charge in [-0.1, -0.05) is 26.7 Å². The molecule has 0 aromatic heterocycles. The third kappa shape index (κ3) is 6.42. The summed E-state index contributed by atoms with van der Waals surface area (Å²) in [7, 11) is 0. The second-order valence-corrected chi connectivity index (χ2v) is 6.08. The first kappa shape index (κ1) is 15.0. The quantitative estimate of drug-likeness (QED) is 0.566. The largest absolute Gasteiger partial charge is 0.377 e. The molecule has 0 heterocycles. The van der Waals surface area contributed by atoms with Gasteiger partial charge in [-0.05, 0) is 44.9 Å². The first-order valence-electron chi connectivity index (χ1n) is 7.44. The van der Waals surface area contributed by atoms with Crippen LogP contribution in [0.4, 0.5) is 0 Å². The summed E-state index contributed by atoms with van der Waals surface area (Å²) in [6, 6.07) is 0.731. The molecule has 0 saturated heterocycles. The topological polar surface area (TPSA) is 21.3 Å². The maximum atomic E-state index is 5.56. The highest BCUT2D eigenvalue weighted by Gasteiger charge is 2.20. The van der Waals surface area contributed by atoms with E-state index in [0.29, 0.717) is 6.10 Å². The van der Waals surface area contributed by atoms with E-state index in [1.165, 1.54) is 32.1 Å². The van der Waals surface area contributed by atoms with Crippen molar-refractivity contribution in [2.24, 2.45) is 11.8 Å². The van der Waals surface area contributed by atoms with Crippen molar-refractivity contribution in [3.63, 3.8) is 0 Å². The van der Waals surface area contributed by atoms with E-state index in [9.17, 15) is 0 Å². The van der Waals surface area contributed by atoms with E-state index in [1.54, 1.807) is 0 Å². The molecule has 0 aromatic carbocycles. The van der Waals surface area contributed by atoms with E-state index in [0.717, 1.165) is 31.0 Å². The van der Waals surface area contributed by atoms with Gasteiger partial charge in [-0.3, -0.25) is 0 Å². The summed E-state index contributed by atoms with van der Waals surface area (Å²) in [6.45, 7) is 10.8. The first-order chi connectivity index (χ1) is 8.09. The van der Waals surface area contributed by atoms with Crippen LogP contribution >= 0.6 is 0 Å². The summed E-state index contributed by atoms with van der Waals surface area (Å²) in [5.41, 5.74) is 0. The van der Waals surface area contributed by atoms with Gasteiger partial charge in [-0.2, -0.15) is 0 Å². The number of nitrogens with one attached hydrogen (secondary N) is 1. The molecule has 17 heavy (non-hydrogen) atoms. The van der Waals surface area contributed by atoms with E-state index in [1.807, 2.05) is 0 Å². The lowest BCUT2D eigenvalue weighted by Crippen LogP contribution is -2.32. The van der Waals surface area contributed by atoms with Crippen LogP contribution in [0.15, 0.2) is 0 Å². The molecule has 1 saturated carbocycles. The van der Waals surface area contributed by atoms with Gasteiger partial charge in [0.15, 0.2) is 0 Å². The number of hydrogen-bond donors (Lipinski definition) is 1. The lowest BCUT2D eigenvalue weighted by atomic mass is 9.89. The van der Waals surface area contributed by atoms with Crippen molar-refractivity contribution in [3.8, 4) is 0 Å². The summed E-state index contributed by atoms with van der Waals surface area (Å²) >= 11 is 0. The molecule has 2 nitrogen and oxygen atoms in total. The zero-order valence-electron chi connectivity index (χ0n) is 12.2. The first-order valence-corrected chi connectivity index (χ1v) is 7.44. The molecule has 0 radical (unpaired) electrons. The molecule has 1 rings (SSSR count). The predicted molar refractivity (Wildman–Crippen MR) is 74.3 cm³/mol. The van der Waals surface area contributed by atoms with Crippen molar-refractivity contribution in [1.82, 2.24) is 5.32 Å². The fraction of sp³-hybridized carbons (Fsp3) is 1.00. The third-order valence-electron chi connectivity index (χ3n) is 3.94. The van der Waals surface area contributed by atoms with E-state index >= 15 is 0 Å². The molecule has 0 bridgehead atoms. The standard InChI is InChI=1S/C15H31NO/c1-12(2)14-6-5-7-15(9-8-14)16-10-11-17-13(3)4/h12-16H,5-11H2,1-4H3. The molecular formula is C15H31NO. The number of hydrogen-bond acceptors (Lipinski definition) is 2. The van der Waals surface area contributed by atoms with Crippen molar-refractivity contribution in [3.05, 3.63) is 0 Å². The van der Waals surface area contributed by atoms with Crippen molar-refractivity contribution in [2.45, 2.75) is 71.9 Å². The Morgan fingerprint density at radius 3 is 2.47 bits per heavy atom. The minimum Gasteiger partial charge on any atom is -0.377 e. The lowest BCUT2D eigenvalue weighted by Gasteiger charge is -2.19. The highest BCUT2D eigenvalue weighted by molar-refractivity contribution is 4.76. The Kier molecular flexibility index (Phi) is 7.14. The van der Waals surface area contributed by atoms with Gasteiger partial charge in [0.1, 0.15) is 0 Å². The molecule has 1 aliphatic rings. The summed E-state index contributed by atoms with van der Waals surface area (Å²) in [5.74, 6) is 1.81. The molecular weight excluding hydrogens is 210 g/mol. The highest BCUT2D eigenvalue weighted by Crippen LogP contribution is 2.28. The Bertz CT molecular complexity index is 191. The van der Waals surface area contributed by atoms with Gasteiger partial charge in [0, 0.05) is 12.6 Å². The van der Waals surface area contributed by atoms with Gasteiger partial charge in [-0.15, -0.1) is 0 Å². The van der Waals surface area contributed by atoms with Crippen LogP contribution in [0.5, 0.6) is 0 Å². The Hall–Kier alpha value is -0.0800. The fourth-order valence-electron chi connectivity index (χ4n) is 2.76. The van der Waals surface area contributed by atoms with Gasteiger partial charge in [-0.25, -0.2) is 0 Å². The van der Waals surface area contributed by atoms with Crippen LogP contribution in [0, 0.1) is 11.8 Å². The van der Waals surface area contributed by atoms with Gasteiger partial charge in [0.05, 0.1) is 12.7 Å². The van der Waals surface area contributed by atoms with E-state index in [-0.39, 0.29) is 0 Å². The molecule has 1 N–H and O–H groups in total. The summed E-state index contributed by atoms with van der Waals surface area (Å²) in [6.07, 6.45) is 7.29. The maximum Gasteiger partial charge on any atom is 0.0594 e. The Balaban J connectivity index is 2.14. The molecule has 0 aliphatic heterocycles. The average Bonchev–Trinajstić information content (AvgIpc) is 2.49. The van der Waals surface area contributed by atoms with Crippen LogP contribution < -0.4 is 5.32 Å². The van der Waals surface area contributed by atoms with Crippen LogP contribution in [0.3, 0.4) is 0 Å². The zero-order valence-corrected chi connectivity index (χ0v) is 12.2. The Morgan fingerprint density at radius 1 is 1.06 bits per heavy atom. The number of ether oxygens (including phenoxy) is 1. The maximum absolute atomic E-state index is 5.56. The van der Waals surface area contributed by atoms with E-state index in [4.69, 9.17) is 4.74 Å². The molecule has 0 aromatic rings. The van der Waals surface area contributed by atoms with Gasteiger partial charge in [0.2, 0.25) is 0 Å². The Morgan fingerprint density at radius 2 is 1.82 bits per heavy atom. The van der Waals surface area contributed by atoms with Gasteiger partial charge in [0.25, 0.3) is 0 Å². The lowest BCUT2D eigenvalue weighted by molar-refractivity contribution is 0.0790. The molecule has 2 atom stereocenters. The molecule has 0 amide bonds. The predicted octanol–water partition coefficient (Wildman–Crippen LogP) is 3.61. The second kappa shape index (κ2) is 8.10. The van der Waals surface area contributed by atoms with Gasteiger partial charge >= 0.3 is 0 Å². The molecule has 1 fully saturated rings. The summed E-state index contributed by atoms with van der Waals surface area (Å²) < 4.78 is 5.56. The monoisotopic (exact) mass is 241 g/mol. The van der Waals surface area contributed by atoms with Crippen LogP contribution in [-0.4, -0.2) is 25.3 Å². The fourth-order valence-corrected chi connectivity index (χ4v) is 2.76. The molecule has 1 aliphatic carbocycles. The van der Waals surface area contributed by atoms with E-state index in [2.05, 4.69) is 33.0 Å². The third-order valence-corrected chi connectivity index (χ3v) is 3.94. The molecule has 2 unspecified atom stereocenters. The second-order valence-electron chi connectivity index (χ2n) is 6.08. The van der Waals surface area contributed by atoms with Gasteiger partial charge < -0.3 is 10.1 Å².